The minimum Gasteiger partial charge on any atom is -0.506 e. The van der Waals surface area contributed by atoms with E-state index in [4.69, 9.17) is 0 Å². The number of carbonyl (C=O) groups excluding carboxylic acids is 1. The van der Waals surface area contributed by atoms with Gasteiger partial charge in [0, 0.05) is 13.2 Å². The van der Waals surface area contributed by atoms with Crippen LogP contribution in [0.3, 0.4) is 0 Å². The van der Waals surface area contributed by atoms with Crippen molar-refractivity contribution in [3.8, 4) is 5.75 Å². The van der Waals surface area contributed by atoms with Crippen LogP contribution in [0, 0.1) is 0 Å². The highest BCUT2D eigenvalue weighted by atomic mass is 32.2. The molecule has 0 saturated carbocycles. The summed E-state index contributed by atoms with van der Waals surface area (Å²) < 4.78 is 25.1. The normalized spacial score (nSPS) is 11.3. The minimum atomic E-state index is -3.42. The molecule has 2 N–H and O–H groups in total. The Kier molecular flexibility index (Phi) is 3.99. The number of nitrogens with zero attached hydrogens (tertiary/aromatic N) is 2. The maximum atomic E-state index is 12.0. The molecule has 0 aliphatic carbocycles. The van der Waals surface area contributed by atoms with E-state index in [1.165, 1.54) is 35.9 Å². The Labute approximate surface area is 122 Å². The number of phenolic OH excluding ortho intramolecular Hbond substituents is 1. The summed E-state index contributed by atoms with van der Waals surface area (Å²) in [5.41, 5.74) is 0.195. The highest BCUT2D eigenvalue weighted by Gasteiger charge is 2.16. The molecule has 8 heteroatoms. The molecular weight excluding hydrogens is 294 g/mol. The monoisotopic (exact) mass is 309 g/mol. The average Bonchev–Trinajstić information content (AvgIpc) is 2.87. The number of phenols is 1. The van der Waals surface area contributed by atoms with Crippen LogP contribution < -0.4 is 5.32 Å². The van der Waals surface area contributed by atoms with Crippen LogP contribution in [0.15, 0.2) is 35.4 Å². The molecular formula is C13H15N3O4S. The van der Waals surface area contributed by atoms with Crippen molar-refractivity contribution in [2.75, 3.05) is 11.1 Å². The number of rotatable bonds is 4. The van der Waals surface area contributed by atoms with Gasteiger partial charge in [0.05, 0.1) is 16.3 Å². The molecule has 0 aliphatic rings. The van der Waals surface area contributed by atoms with E-state index in [-0.39, 0.29) is 27.8 Å². The van der Waals surface area contributed by atoms with E-state index in [1.54, 1.807) is 13.2 Å². The van der Waals surface area contributed by atoms with Crippen LogP contribution in [0.1, 0.15) is 17.4 Å². The number of aromatic hydroxyl groups is 1. The van der Waals surface area contributed by atoms with Crippen LogP contribution in [0.2, 0.25) is 0 Å². The van der Waals surface area contributed by atoms with Gasteiger partial charge in [-0.1, -0.05) is 6.92 Å². The Balaban J connectivity index is 2.32. The van der Waals surface area contributed by atoms with Gasteiger partial charge in [-0.05, 0) is 24.3 Å². The number of nitrogens with one attached hydrogen (secondary N) is 1. The summed E-state index contributed by atoms with van der Waals surface area (Å²) in [6, 6.07) is 5.27. The van der Waals surface area contributed by atoms with E-state index in [0.29, 0.717) is 0 Å². The van der Waals surface area contributed by atoms with Gasteiger partial charge in [-0.3, -0.25) is 9.48 Å². The first-order valence-electron chi connectivity index (χ1n) is 6.20. The van der Waals surface area contributed by atoms with E-state index in [1.807, 2.05) is 0 Å². The molecule has 1 amide bonds. The van der Waals surface area contributed by atoms with Gasteiger partial charge >= 0.3 is 0 Å². The molecule has 0 saturated heterocycles. The van der Waals surface area contributed by atoms with Gasteiger partial charge in [0.15, 0.2) is 15.5 Å². The fraction of sp³-hybridized carbons (Fsp3) is 0.231. The number of anilines is 1. The highest BCUT2D eigenvalue weighted by Crippen LogP contribution is 2.27. The number of aryl methyl sites for hydroxylation is 1. The number of benzene rings is 1. The molecule has 2 aromatic rings. The molecule has 0 spiro atoms. The predicted octanol–water partition coefficient (Wildman–Crippen LogP) is 1.17. The second-order valence-corrected chi connectivity index (χ2v) is 6.69. The standard InChI is InChI=1S/C13H15N3O4S/c1-3-21(19,20)9-4-5-12(17)11(8-9)14-13(18)10-6-7-16(2)15-10/h4-8,17H,3H2,1-2H3,(H,14,18). The van der Waals surface area contributed by atoms with Crippen molar-refractivity contribution in [1.82, 2.24) is 9.78 Å². The van der Waals surface area contributed by atoms with Crippen molar-refractivity contribution in [1.29, 1.82) is 0 Å². The third-order valence-corrected chi connectivity index (χ3v) is 4.63. The highest BCUT2D eigenvalue weighted by molar-refractivity contribution is 7.91. The summed E-state index contributed by atoms with van der Waals surface area (Å²) in [5, 5.41) is 16.1. The fourth-order valence-corrected chi connectivity index (χ4v) is 2.60. The lowest BCUT2D eigenvalue weighted by atomic mass is 10.3. The summed E-state index contributed by atoms with van der Waals surface area (Å²) in [7, 11) is -1.75. The molecule has 7 nitrogen and oxygen atoms in total. The van der Waals surface area contributed by atoms with Crippen LogP contribution in [0.4, 0.5) is 5.69 Å². The smallest absolute Gasteiger partial charge is 0.276 e. The van der Waals surface area contributed by atoms with Gasteiger partial charge in [-0.2, -0.15) is 5.10 Å². The molecule has 21 heavy (non-hydrogen) atoms. The van der Waals surface area contributed by atoms with Crippen molar-refractivity contribution in [3.63, 3.8) is 0 Å². The SMILES string of the molecule is CCS(=O)(=O)c1ccc(O)c(NC(=O)c2ccn(C)n2)c1. The Morgan fingerprint density at radius 1 is 1.38 bits per heavy atom. The minimum absolute atomic E-state index is 0.0279. The molecule has 1 heterocycles. The lowest BCUT2D eigenvalue weighted by Gasteiger charge is -2.08. The molecule has 1 aromatic heterocycles. The van der Waals surface area contributed by atoms with Gasteiger partial charge in [-0.25, -0.2) is 8.42 Å². The van der Waals surface area contributed by atoms with Gasteiger partial charge in [0.1, 0.15) is 5.75 Å². The molecule has 0 radical (unpaired) electrons. The van der Waals surface area contributed by atoms with Crippen molar-refractivity contribution in [2.24, 2.45) is 7.05 Å². The number of hydrogen-bond acceptors (Lipinski definition) is 5. The zero-order valence-electron chi connectivity index (χ0n) is 11.6. The number of aromatic nitrogens is 2. The lowest BCUT2D eigenvalue weighted by molar-refractivity contribution is 0.102. The van der Waals surface area contributed by atoms with E-state index in [2.05, 4.69) is 10.4 Å². The van der Waals surface area contributed by atoms with Crippen LogP contribution in [0.25, 0.3) is 0 Å². The molecule has 0 bridgehead atoms. The van der Waals surface area contributed by atoms with Crippen molar-refractivity contribution >= 4 is 21.4 Å². The maximum absolute atomic E-state index is 12.0. The second-order valence-electron chi connectivity index (χ2n) is 4.41. The van der Waals surface area contributed by atoms with E-state index < -0.39 is 15.7 Å². The Bertz CT molecular complexity index is 780. The van der Waals surface area contributed by atoms with Crippen LogP contribution in [0.5, 0.6) is 5.75 Å². The van der Waals surface area contributed by atoms with E-state index in [0.717, 1.165) is 0 Å². The molecule has 2 rings (SSSR count). The molecule has 0 aliphatic heterocycles. The van der Waals surface area contributed by atoms with Crippen molar-refractivity contribution < 1.29 is 18.3 Å². The van der Waals surface area contributed by atoms with Crippen LogP contribution in [-0.4, -0.2) is 35.0 Å². The number of amides is 1. The molecule has 0 unspecified atom stereocenters. The van der Waals surface area contributed by atoms with Gasteiger partial charge in [0.25, 0.3) is 5.91 Å². The topological polar surface area (TPSA) is 101 Å². The zero-order valence-corrected chi connectivity index (χ0v) is 12.4. The largest absolute Gasteiger partial charge is 0.506 e. The summed E-state index contributed by atoms with van der Waals surface area (Å²) in [5.74, 6) is -0.808. The number of hydrogen-bond donors (Lipinski definition) is 2. The van der Waals surface area contributed by atoms with E-state index >= 15 is 0 Å². The van der Waals surface area contributed by atoms with Crippen LogP contribution >= 0.6 is 0 Å². The number of sulfone groups is 1. The maximum Gasteiger partial charge on any atom is 0.276 e. The zero-order chi connectivity index (χ0) is 15.6. The van der Waals surface area contributed by atoms with Crippen molar-refractivity contribution in [3.05, 3.63) is 36.2 Å². The van der Waals surface area contributed by atoms with Crippen molar-refractivity contribution in [2.45, 2.75) is 11.8 Å². The van der Waals surface area contributed by atoms with Gasteiger partial charge < -0.3 is 10.4 Å². The molecule has 0 atom stereocenters. The van der Waals surface area contributed by atoms with Gasteiger partial charge in [0.2, 0.25) is 0 Å². The average molecular weight is 309 g/mol. The summed E-state index contributed by atoms with van der Waals surface area (Å²) >= 11 is 0. The first-order chi connectivity index (χ1) is 9.83. The first kappa shape index (κ1) is 15.0. The van der Waals surface area contributed by atoms with E-state index in [9.17, 15) is 18.3 Å². The summed E-state index contributed by atoms with van der Waals surface area (Å²) in [6.07, 6.45) is 1.60. The Morgan fingerprint density at radius 2 is 2.10 bits per heavy atom. The lowest BCUT2D eigenvalue weighted by Crippen LogP contribution is -2.14. The molecule has 0 fully saturated rings. The quantitative estimate of drug-likeness (QED) is 0.826. The fourth-order valence-electron chi connectivity index (χ4n) is 1.70. The third kappa shape index (κ3) is 3.22. The third-order valence-electron chi connectivity index (χ3n) is 2.90. The first-order valence-corrected chi connectivity index (χ1v) is 7.85. The predicted molar refractivity (Wildman–Crippen MR) is 77.0 cm³/mol. The van der Waals surface area contributed by atoms with Crippen LogP contribution in [-0.2, 0) is 16.9 Å². The summed E-state index contributed by atoms with van der Waals surface area (Å²) in [4.78, 5) is 12.0. The van der Waals surface area contributed by atoms with Gasteiger partial charge in [-0.15, -0.1) is 0 Å². The summed E-state index contributed by atoms with van der Waals surface area (Å²) in [6.45, 7) is 1.52. The Hall–Kier alpha value is -2.35. The second kappa shape index (κ2) is 5.57. The Morgan fingerprint density at radius 3 is 2.67 bits per heavy atom. The number of carbonyl (C=O) groups is 1. The molecule has 112 valence electrons. The molecule has 1 aromatic carbocycles.